The minimum atomic E-state index is -0.431. The number of nitrogens with zero attached hydrogens (tertiary/aromatic N) is 1. The minimum absolute atomic E-state index is 0.165. The standard InChI is InChI=1S/C33H35N3O3/c1-36(22-24-10-3-2-4-11-24)16-9-12-25-18-26-13-7-8-17-39-32(26)30(19-25)33(38)35-28(23-37)20-27-21-34-31-15-6-5-14-29(27)31/h2-6,10-11,14-15,18-19,21,28,34,37H,7-8,13,16-17,20,22-23H2,1H3,(H,35,38)/t28-/m1/s1. The number of amides is 1. The highest BCUT2D eigenvalue weighted by atomic mass is 16.5. The molecule has 0 saturated heterocycles. The van der Waals surface area contributed by atoms with Crippen molar-refractivity contribution < 1.29 is 14.6 Å². The second kappa shape index (κ2) is 12.7. The van der Waals surface area contributed by atoms with Crippen LogP contribution in [0.5, 0.6) is 5.75 Å². The highest BCUT2D eigenvalue weighted by Crippen LogP contribution is 2.30. The van der Waals surface area contributed by atoms with Gasteiger partial charge in [-0.3, -0.25) is 9.69 Å². The fourth-order valence-electron chi connectivity index (χ4n) is 5.10. The zero-order valence-corrected chi connectivity index (χ0v) is 22.4. The van der Waals surface area contributed by atoms with Crippen LogP contribution in [0.3, 0.4) is 0 Å². The average molecular weight is 522 g/mol. The predicted molar refractivity (Wildman–Crippen MR) is 155 cm³/mol. The summed E-state index contributed by atoms with van der Waals surface area (Å²) < 4.78 is 6.06. The maximum Gasteiger partial charge on any atom is 0.255 e. The summed E-state index contributed by atoms with van der Waals surface area (Å²) in [6, 6.07) is 21.8. The van der Waals surface area contributed by atoms with E-state index >= 15 is 0 Å². The van der Waals surface area contributed by atoms with Gasteiger partial charge in [-0.1, -0.05) is 60.4 Å². The first-order valence-electron chi connectivity index (χ1n) is 13.6. The van der Waals surface area contributed by atoms with Crippen LogP contribution in [0, 0.1) is 11.8 Å². The third-order valence-electron chi connectivity index (χ3n) is 7.07. The molecule has 6 heteroatoms. The number of aliphatic hydroxyl groups is 1. The average Bonchev–Trinajstić information content (AvgIpc) is 3.20. The van der Waals surface area contributed by atoms with Gasteiger partial charge < -0.3 is 20.1 Å². The van der Waals surface area contributed by atoms with Gasteiger partial charge in [0.05, 0.1) is 31.4 Å². The van der Waals surface area contributed by atoms with Crippen LogP contribution in [0.25, 0.3) is 10.9 Å². The van der Waals surface area contributed by atoms with E-state index in [1.165, 1.54) is 5.56 Å². The van der Waals surface area contributed by atoms with E-state index in [4.69, 9.17) is 4.74 Å². The number of carbonyl (C=O) groups is 1. The molecule has 1 amide bonds. The Bertz CT molecular complexity index is 1480. The molecule has 1 aliphatic rings. The molecule has 3 aromatic carbocycles. The number of aromatic nitrogens is 1. The summed E-state index contributed by atoms with van der Waals surface area (Å²) in [6.45, 7) is 1.85. The third kappa shape index (κ3) is 6.69. The molecule has 1 atom stereocenters. The van der Waals surface area contributed by atoms with Gasteiger partial charge in [0.15, 0.2) is 0 Å². The van der Waals surface area contributed by atoms with Gasteiger partial charge in [0.1, 0.15) is 5.75 Å². The second-order valence-corrected chi connectivity index (χ2v) is 10.2. The van der Waals surface area contributed by atoms with E-state index in [0.717, 1.165) is 53.4 Å². The Hall–Kier alpha value is -4.05. The summed E-state index contributed by atoms with van der Waals surface area (Å²) in [6.07, 6.45) is 5.26. The Morgan fingerprint density at radius 1 is 1.13 bits per heavy atom. The van der Waals surface area contributed by atoms with Gasteiger partial charge in [-0.2, -0.15) is 0 Å². The number of aryl methyl sites for hydroxylation is 1. The molecule has 0 unspecified atom stereocenters. The largest absolute Gasteiger partial charge is 0.492 e. The number of hydrogen-bond donors (Lipinski definition) is 3. The topological polar surface area (TPSA) is 77.6 Å². The molecule has 0 saturated carbocycles. The van der Waals surface area contributed by atoms with Gasteiger partial charge in [-0.05, 0) is 67.6 Å². The number of aliphatic hydroxyl groups excluding tert-OH is 1. The maximum atomic E-state index is 13.6. The zero-order chi connectivity index (χ0) is 27.0. The van der Waals surface area contributed by atoms with Gasteiger partial charge in [-0.15, -0.1) is 0 Å². The first-order valence-corrected chi connectivity index (χ1v) is 13.6. The highest BCUT2D eigenvalue weighted by molar-refractivity contribution is 5.98. The molecule has 6 nitrogen and oxygen atoms in total. The number of ether oxygens (including phenoxy) is 1. The Kier molecular flexibility index (Phi) is 8.62. The quantitative estimate of drug-likeness (QED) is 0.294. The van der Waals surface area contributed by atoms with Crippen molar-refractivity contribution in [3.8, 4) is 17.6 Å². The molecule has 4 aromatic rings. The molecular formula is C33H35N3O3. The number of hydrogen-bond acceptors (Lipinski definition) is 4. The van der Waals surface area contributed by atoms with Gasteiger partial charge >= 0.3 is 0 Å². The number of fused-ring (bicyclic) bond motifs is 2. The molecule has 2 heterocycles. The van der Waals surface area contributed by atoms with Crippen LogP contribution in [0.1, 0.15) is 45.5 Å². The van der Waals surface area contributed by atoms with Crippen LogP contribution >= 0.6 is 0 Å². The minimum Gasteiger partial charge on any atom is -0.492 e. The zero-order valence-electron chi connectivity index (χ0n) is 22.4. The molecule has 200 valence electrons. The lowest BCUT2D eigenvalue weighted by atomic mass is 9.99. The summed E-state index contributed by atoms with van der Waals surface area (Å²) in [5.41, 5.74) is 5.63. The Balaban J connectivity index is 1.33. The van der Waals surface area contributed by atoms with Crippen molar-refractivity contribution >= 4 is 16.8 Å². The van der Waals surface area contributed by atoms with Gasteiger partial charge in [0.2, 0.25) is 0 Å². The number of H-pyrrole nitrogens is 1. The van der Waals surface area contributed by atoms with Crippen molar-refractivity contribution in [2.24, 2.45) is 0 Å². The van der Waals surface area contributed by atoms with Crippen LogP contribution in [-0.2, 0) is 19.4 Å². The van der Waals surface area contributed by atoms with E-state index in [0.29, 0.717) is 30.9 Å². The van der Waals surface area contributed by atoms with E-state index in [9.17, 15) is 9.90 Å². The first kappa shape index (κ1) is 26.6. The van der Waals surface area contributed by atoms with E-state index < -0.39 is 6.04 Å². The molecular weight excluding hydrogens is 486 g/mol. The number of benzene rings is 3. The smallest absolute Gasteiger partial charge is 0.255 e. The molecule has 1 aromatic heterocycles. The molecule has 0 bridgehead atoms. The summed E-state index contributed by atoms with van der Waals surface area (Å²) in [5.74, 6) is 6.93. The highest BCUT2D eigenvalue weighted by Gasteiger charge is 2.22. The van der Waals surface area contributed by atoms with Gasteiger partial charge in [-0.25, -0.2) is 0 Å². The Labute approximate surface area is 230 Å². The maximum absolute atomic E-state index is 13.6. The van der Waals surface area contributed by atoms with Crippen LogP contribution in [0.15, 0.2) is 72.9 Å². The number of para-hydroxylation sites is 1. The molecule has 0 radical (unpaired) electrons. The molecule has 39 heavy (non-hydrogen) atoms. The van der Waals surface area contributed by atoms with Crippen molar-refractivity contribution in [2.45, 2.75) is 38.3 Å². The van der Waals surface area contributed by atoms with Crippen molar-refractivity contribution in [1.29, 1.82) is 0 Å². The SMILES string of the molecule is CN(CC#Cc1cc2c(c(C(=O)N[C@@H](CO)Cc3c[nH]c4ccccc34)c1)OCCCC2)Cc1ccccc1. The normalized spacial score (nSPS) is 13.6. The monoisotopic (exact) mass is 521 g/mol. The fourth-order valence-corrected chi connectivity index (χ4v) is 5.10. The summed E-state index contributed by atoms with van der Waals surface area (Å²) in [4.78, 5) is 19.0. The molecule has 3 N–H and O–H groups in total. The lowest BCUT2D eigenvalue weighted by Crippen LogP contribution is -2.39. The van der Waals surface area contributed by atoms with Crippen molar-refractivity contribution in [2.75, 3.05) is 26.8 Å². The number of nitrogens with one attached hydrogen (secondary N) is 2. The van der Waals surface area contributed by atoms with Crippen molar-refractivity contribution in [3.05, 3.63) is 101 Å². The predicted octanol–water partition coefficient (Wildman–Crippen LogP) is 4.70. The second-order valence-electron chi connectivity index (χ2n) is 10.2. The van der Waals surface area contributed by atoms with E-state index in [1.807, 2.05) is 61.8 Å². The lowest BCUT2D eigenvalue weighted by Gasteiger charge is -2.19. The van der Waals surface area contributed by atoms with Crippen molar-refractivity contribution in [1.82, 2.24) is 15.2 Å². The van der Waals surface area contributed by atoms with Crippen LogP contribution < -0.4 is 10.1 Å². The Morgan fingerprint density at radius 2 is 1.95 bits per heavy atom. The summed E-state index contributed by atoms with van der Waals surface area (Å²) in [5, 5.41) is 14.3. The van der Waals surface area contributed by atoms with Gasteiger partial charge in [0, 0.05) is 29.2 Å². The summed E-state index contributed by atoms with van der Waals surface area (Å²) >= 11 is 0. The lowest BCUT2D eigenvalue weighted by molar-refractivity contribution is 0.0912. The fraction of sp³-hybridized carbons (Fsp3) is 0.303. The summed E-state index contributed by atoms with van der Waals surface area (Å²) in [7, 11) is 2.05. The van der Waals surface area contributed by atoms with Crippen molar-refractivity contribution in [3.63, 3.8) is 0 Å². The molecule has 0 spiro atoms. The van der Waals surface area contributed by atoms with Gasteiger partial charge in [0.25, 0.3) is 5.91 Å². The van der Waals surface area contributed by atoms with E-state index in [2.05, 4.69) is 45.2 Å². The third-order valence-corrected chi connectivity index (χ3v) is 7.07. The number of rotatable bonds is 8. The Morgan fingerprint density at radius 3 is 2.79 bits per heavy atom. The van der Waals surface area contributed by atoms with Crippen LogP contribution in [0.2, 0.25) is 0 Å². The first-order chi connectivity index (χ1) is 19.1. The number of aromatic amines is 1. The van der Waals surface area contributed by atoms with Crippen LogP contribution in [0.4, 0.5) is 0 Å². The van der Waals surface area contributed by atoms with Crippen LogP contribution in [-0.4, -0.2) is 53.7 Å². The molecule has 5 rings (SSSR count). The number of carbonyl (C=O) groups excluding carboxylic acids is 1. The molecule has 1 aliphatic heterocycles. The molecule has 0 fully saturated rings. The van der Waals surface area contributed by atoms with E-state index in [1.54, 1.807) is 0 Å². The van der Waals surface area contributed by atoms with E-state index in [-0.39, 0.29) is 12.5 Å². The molecule has 0 aliphatic carbocycles.